The SMILES string of the molecule is Nc1ccc(N=Cc2ccccc2O)cc1. The summed E-state index contributed by atoms with van der Waals surface area (Å²) in [5, 5.41) is 9.52. The van der Waals surface area contributed by atoms with Crippen LogP contribution in [0.25, 0.3) is 0 Å². The number of phenols is 1. The van der Waals surface area contributed by atoms with Gasteiger partial charge in [-0.1, -0.05) is 12.1 Å². The molecule has 0 unspecified atom stereocenters. The molecular weight excluding hydrogens is 200 g/mol. The number of rotatable bonds is 2. The highest BCUT2D eigenvalue weighted by atomic mass is 16.3. The maximum atomic E-state index is 9.52. The molecular formula is C13H12N2O. The van der Waals surface area contributed by atoms with Crippen LogP contribution >= 0.6 is 0 Å². The molecule has 0 aliphatic heterocycles. The third-order valence-electron chi connectivity index (χ3n) is 2.18. The van der Waals surface area contributed by atoms with E-state index in [4.69, 9.17) is 5.73 Å². The van der Waals surface area contributed by atoms with Crippen molar-refractivity contribution in [2.45, 2.75) is 0 Å². The van der Waals surface area contributed by atoms with Crippen molar-refractivity contribution in [3.63, 3.8) is 0 Å². The number of para-hydroxylation sites is 1. The number of nitrogen functional groups attached to an aromatic ring is 1. The van der Waals surface area contributed by atoms with Crippen LogP contribution < -0.4 is 5.73 Å². The normalized spacial score (nSPS) is 10.8. The van der Waals surface area contributed by atoms with Gasteiger partial charge in [0, 0.05) is 17.5 Å². The molecule has 2 rings (SSSR count). The van der Waals surface area contributed by atoms with Gasteiger partial charge in [0.2, 0.25) is 0 Å². The molecule has 0 atom stereocenters. The average molecular weight is 212 g/mol. The first-order valence-corrected chi connectivity index (χ1v) is 4.93. The first kappa shape index (κ1) is 10.2. The molecule has 0 saturated carbocycles. The zero-order valence-electron chi connectivity index (χ0n) is 8.67. The number of hydrogen-bond acceptors (Lipinski definition) is 3. The van der Waals surface area contributed by atoms with Crippen LogP contribution in [0, 0.1) is 0 Å². The van der Waals surface area contributed by atoms with Gasteiger partial charge in [-0.25, -0.2) is 0 Å². The Morgan fingerprint density at radius 3 is 2.38 bits per heavy atom. The number of aliphatic imine (C=N–C) groups is 1. The monoisotopic (exact) mass is 212 g/mol. The van der Waals surface area contributed by atoms with Crippen molar-refractivity contribution in [2.75, 3.05) is 5.73 Å². The van der Waals surface area contributed by atoms with E-state index < -0.39 is 0 Å². The Hall–Kier alpha value is -2.29. The maximum Gasteiger partial charge on any atom is 0.124 e. The van der Waals surface area contributed by atoms with Crippen molar-refractivity contribution in [2.24, 2.45) is 4.99 Å². The molecule has 0 aromatic heterocycles. The molecule has 2 aromatic carbocycles. The molecule has 0 amide bonds. The van der Waals surface area contributed by atoms with E-state index in [2.05, 4.69) is 4.99 Å². The highest BCUT2D eigenvalue weighted by Crippen LogP contribution is 2.17. The second-order valence-electron chi connectivity index (χ2n) is 3.41. The largest absolute Gasteiger partial charge is 0.507 e. The fraction of sp³-hybridized carbons (Fsp3) is 0. The Labute approximate surface area is 93.9 Å². The topological polar surface area (TPSA) is 58.6 Å². The van der Waals surface area contributed by atoms with E-state index in [1.165, 1.54) is 0 Å². The average Bonchev–Trinajstić information content (AvgIpc) is 2.30. The van der Waals surface area contributed by atoms with E-state index in [0.29, 0.717) is 11.3 Å². The molecule has 16 heavy (non-hydrogen) atoms. The van der Waals surface area contributed by atoms with Crippen molar-refractivity contribution in [3.05, 3.63) is 54.1 Å². The maximum absolute atomic E-state index is 9.52. The van der Waals surface area contributed by atoms with Gasteiger partial charge < -0.3 is 10.8 Å². The summed E-state index contributed by atoms with van der Waals surface area (Å²) in [7, 11) is 0. The number of anilines is 1. The Bertz CT molecular complexity index is 504. The summed E-state index contributed by atoms with van der Waals surface area (Å²) in [5.74, 6) is 0.224. The lowest BCUT2D eigenvalue weighted by atomic mass is 10.2. The fourth-order valence-electron chi connectivity index (χ4n) is 1.30. The molecule has 3 nitrogen and oxygen atoms in total. The molecule has 80 valence electrons. The van der Waals surface area contributed by atoms with E-state index >= 15 is 0 Å². The van der Waals surface area contributed by atoms with Crippen LogP contribution in [0.2, 0.25) is 0 Å². The second-order valence-corrected chi connectivity index (χ2v) is 3.41. The van der Waals surface area contributed by atoms with Crippen LogP contribution in [-0.2, 0) is 0 Å². The lowest BCUT2D eigenvalue weighted by molar-refractivity contribution is 0.474. The molecule has 3 N–H and O–H groups in total. The Morgan fingerprint density at radius 2 is 1.69 bits per heavy atom. The summed E-state index contributed by atoms with van der Waals surface area (Å²) >= 11 is 0. The summed E-state index contributed by atoms with van der Waals surface area (Å²) in [5.41, 5.74) is 7.77. The molecule has 0 saturated heterocycles. The number of phenolic OH excluding ortho intramolecular Hbond substituents is 1. The zero-order valence-corrected chi connectivity index (χ0v) is 8.67. The third-order valence-corrected chi connectivity index (χ3v) is 2.18. The van der Waals surface area contributed by atoms with Gasteiger partial charge in [0.1, 0.15) is 5.75 Å². The van der Waals surface area contributed by atoms with Crippen LogP contribution in [-0.4, -0.2) is 11.3 Å². The smallest absolute Gasteiger partial charge is 0.124 e. The standard InChI is InChI=1S/C13H12N2O/c14-11-5-7-12(8-6-11)15-9-10-3-1-2-4-13(10)16/h1-9,16H,14H2. The Balaban J connectivity index is 2.21. The molecule has 0 aliphatic rings. The van der Waals surface area contributed by atoms with Gasteiger partial charge in [-0.05, 0) is 36.4 Å². The number of nitrogens with zero attached hydrogens (tertiary/aromatic N) is 1. The van der Waals surface area contributed by atoms with Crippen LogP contribution in [0.1, 0.15) is 5.56 Å². The highest BCUT2D eigenvalue weighted by molar-refractivity contribution is 5.85. The van der Waals surface area contributed by atoms with Crippen LogP contribution in [0.5, 0.6) is 5.75 Å². The molecule has 0 radical (unpaired) electrons. The molecule has 0 fully saturated rings. The van der Waals surface area contributed by atoms with Gasteiger partial charge in [0.05, 0.1) is 5.69 Å². The first-order chi connectivity index (χ1) is 7.75. The quantitative estimate of drug-likeness (QED) is 0.594. The van der Waals surface area contributed by atoms with Gasteiger partial charge in [0.25, 0.3) is 0 Å². The second kappa shape index (κ2) is 4.49. The molecule has 0 heterocycles. The minimum Gasteiger partial charge on any atom is -0.507 e. The zero-order chi connectivity index (χ0) is 11.4. The highest BCUT2D eigenvalue weighted by Gasteiger charge is 1.94. The van der Waals surface area contributed by atoms with Crippen molar-refractivity contribution < 1.29 is 5.11 Å². The lowest BCUT2D eigenvalue weighted by Crippen LogP contribution is -1.82. The Kier molecular flexibility index (Phi) is 2.87. The molecule has 0 spiro atoms. The van der Waals surface area contributed by atoms with E-state index in [1.54, 1.807) is 36.5 Å². The number of aromatic hydroxyl groups is 1. The minimum absolute atomic E-state index is 0.224. The summed E-state index contributed by atoms with van der Waals surface area (Å²) in [6.45, 7) is 0. The molecule has 2 aromatic rings. The van der Waals surface area contributed by atoms with Crippen molar-refractivity contribution >= 4 is 17.6 Å². The van der Waals surface area contributed by atoms with E-state index in [1.807, 2.05) is 18.2 Å². The number of benzene rings is 2. The van der Waals surface area contributed by atoms with Crippen LogP contribution in [0.15, 0.2) is 53.5 Å². The van der Waals surface area contributed by atoms with Gasteiger partial charge in [-0.15, -0.1) is 0 Å². The van der Waals surface area contributed by atoms with E-state index in [9.17, 15) is 5.11 Å². The molecule has 0 bridgehead atoms. The van der Waals surface area contributed by atoms with Gasteiger partial charge in [-0.3, -0.25) is 4.99 Å². The van der Waals surface area contributed by atoms with Crippen molar-refractivity contribution in [1.29, 1.82) is 0 Å². The number of hydrogen-bond donors (Lipinski definition) is 2. The minimum atomic E-state index is 0.224. The first-order valence-electron chi connectivity index (χ1n) is 4.93. The molecule has 0 aliphatic carbocycles. The lowest BCUT2D eigenvalue weighted by Gasteiger charge is -1.97. The predicted molar refractivity (Wildman–Crippen MR) is 66.2 cm³/mol. The van der Waals surface area contributed by atoms with Crippen molar-refractivity contribution in [1.82, 2.24) is 0 Å². The van der Waals surface area contributed by atoms with Crippen LogP contribution in [0.4, 0.5) is 11.4 Å². The van der Waals surface area contributed by atoms with Crippen LogP contribution in [0.3, 0.4) is 0 Å². The summed E-state index contributed by atoms with van der Waals surface area (Å²) in [4.78, 5) is 4.24. The summed E-state index contributed by atoms with van der Waals surface area (Å²) in [6.07, 6.45) is 1.63. The summed E-state index contributed by atoms with van der Waals surface area (Å²) in [6, 6.07) is 14.3. The predicted octanol–water partition coefficient (Wildman–Crippen LogP) is 2.73. The molecule has 3 heteroatoms. The fourth-order valence-corrected chi connectivity index (χ4v) is 1.30. The van der Waals surface area contributed by atoms with E-state index in [-0.39, 0.29) is 5.75 Å². The van der Waals surface area contributed by atoms with Gasteiger partial charge >= 0.3 is 0 Å². The third kappa shape index (κ3) is 2.39. The van der Waals surface area contributed by atoms with Gasteiger partial charge in [-0.2, -0.15) is 0 Å². The van der Waals surface area contributed by atoms with E-state index in [0.717, 1.165) is 5.69 Å². The van der Waals surface area contributed by atoms with Crippen molar-refractivity contribution in [3.8, 4) is 5.75 Å². The Morgan fingerprint density at radius 1 is 1.00 bits per heavy atom. The summed E-state index contributed by atoms with van der Waals surface area (Å²) < 4.78 is 0. The number of nitrogens with two attached hydrogens (primary N) is 1. The van der Waals surface area contributed by atoms with Gasteiger partial charge in [0.15, 0.2) is 0 Å².